The molecule has 0 spiro atoms. The van der Waals surface area contributed by atoms with Crippen LogP contribution in [0.15, 0.2) is 24.3 Å². The van der Waals surface area contributed by atoms with Gasteiger partial charge in [-0.1, -0.05) is 65.8 Å². The Morgan fingerprint density at radius 2 is 1.60 bits per heavy atom. The van der Waals surface area contributed by atoms with Crippen LogP contribution in [0, 0.1) is 5.92 Å². The Morgan fingerprint density at radius 1 is 1.00 bits per heavy atom. The van der Waals surface area contributed by atoms with Gasteiger partial charge in [0.25, 0.3) is 0 Å². The summed E-state index contributed by atoms with van der Waals surface area (Å²) in [5.41, 5.74) is 3.09. The lowest BCUT2D eigenvalue weighted by molar-refractivity contribution is 0.440. The third kappa shape index (κ3) is 5.66. The number of hydrogen-bond donors (Lipinski definition) is 1. The lowest BCUT2D eigenvalue weighted by atomic mass is 9.86. The molecule has 1 heteroatoms. The van der Waals surface area contributed by atoms with E-state index >= 15 is 0 Å². The molecule has 0 fully saturated rings. The summed E-state index contributed by atoms with van der Waals surface area (Å²) in [6.45, 7) is 14.8. The third-order valence-corrected chi connectivity index (χ3v) is 3.85. The second kappa shape index (κ2) is 7.83. The van der Waals surface area contributed by atoms with Crippen LogP contribution in [0.25, 0.3) is 0 Å². The molecule has 1 nitrogen and oxygen atoms in total. The van der Waals surface area contributed by atoms with Crippen molar-refractivity contribution < 1.29 is 0 Å². The molecule has 0 aliphatic heterocycles. The zero-order chi connectivity index (χ0) is 15.2. The molecule has 1 unspecified atom stereocenters. The van der Waals surface area contributed by atoms with Crippen molar-refractivity contribution in [1.29, 1.82) is 0 Å². The fraction of sp³-hybridized carbons (Fsp3) is 0.684. The van der Waals surface area contributed by atoms with Gasteiger partial charge in [0.15, 0.2) is 0 Å². The van der Waals surface area contributed by atoms with E-state index in [1.165, 1.54) is 30.4 Å². The van der Waals surface area contributed by atoms with Gasteiger partial charge in [0.1, 0.15) is 0 Å². The lowest BCUT2D eigenvalue weighted by Crippen LogP contribution is -2.23. The van der Waals surface area contributed by atoms with Crippen molar-refractivity contribution in [3.63, 3.8) is 0 Å². The van der Waals surface area contributed by atoms with Gasteiger partial charge < -0.3 is 5.32 Å². The minimum absolute atomic E-state index is 0.239. The van der Waals surface area contributed by atoms with E-state index in [0.717, 1.165) is 12.5 Å². The van der Waals surface area contributed by atoms with E-state index in [9.17, 15) is 0 Å². The molecule has 1 N–H and O–H groups in total. The van der Waals surface area contributed by atoms with Gasteiger partial charge in [0, 0.05) is 6.04 Å². The molecule has 1 aromatic rings. The molecule has 0 radical (unpaired) electrons. The second-order valence-corrected chi connectivity index (χ2v) is 7.35. The van der Waals surface area contributed by atoms with E-state index in [1.54, 1.807) is 0 Å². The minimum atomic E-state index is 0.239. The van der Waals surface area contributed by atoms with Gasteiger partial charge >= 0.3 is 0 Å². The highest BCUT2D eigenvalue weighted by Gasteiger charge is 2.15. The van der Waals surface area contributed by atoms with Gasteiger partial charge in [0.05, 0.1) is 0 Å². The van der Waals surface area contributed by atoms with Crippen molar-refractivity contribution in [2.45, 2.75) is 72.3 Å². The Morgan fingerprint density at radius 3 is 2.05 bits per heavy atom. The Labute approximate surface area is 126 Å². The summed E-state index contributed by atoms with van der Waals surface area (Å²) < 4.78 is 0. The standard InChI is InChI=1S/C19H33N/c1-7-14-20-18(13-8-15(2)3)16-9-11-17(12-10-16)19(4,5)6/h9-12,15,18,20H,7-8,13-14H2,1-6H3. The van der Waals surface area contributed by atoms with Gasteiger partial charge in [0.2, 0.25) is 0 Å². The maximum Gasteiger partial charge on any atom is 0.0320 e. The van der Waals surface area contributed by atoms with Gasteiger partial charge in [-0.3, -0.25) is 0 Å². The number of hydrogen-bond acceptors (Lipinski definition) is 1. The van der Waals surface area contributed by atoms with Crippen molar-refractivity contribution in [1.82, 2.24) is 5.32 Å². The quantitative estimate of drug-likeness (QED) is 0.696. The molecule has 20 heavy (non-hydrogen) atoms. The molecule has 1 atom stereocenters. The van der Waals surface area contributed by atoms with Crippen LogP contribution in [-0.4, -0.2) is 6.54 Å². The molecule has 0 saturated heterocycles. The summed E-state index contributed by atoms with van der Waals surface area (Å²) in [4.78, 5) is 0. The summed E-state index contributed by atoms with van der Waals surface area (Å²) in [6.07, 6.45) is 3.70. The first-order valence-electron chi connectivity index (χ1n) is 8.18. The molecular weight excluding hydrogens is 242 g/mol. The summed E-state index contributed by atoms with van der Waals surface area (Å²) in [7, 11) is 0. The normalized spacial score (nSPS) is 13.8. The highest BCUT2D eigenvalue weighted by atomic mass is 14.9. The van der Waals surface area contributed by atoms with E-state index in [1.807, 2.05) is 0 Å². The Hall–Kier alpha value is -0.820. The number of rotatable bonds is 7. The van der Waals surface area contributed by atoms with Gasteiger partial charge in [-0.25, -0.2) is 0 Å². The van der Waals surface area contributed by atoms with Crippen LogP contribution in [0.5, 0.6) is 0 Å². The van der Waals surface area contributed by atoms with Crippen molar-refractivity contribution in [3.05, 3.63) is 35.4 Å². The van der Waals surface area contributed by atoms with E-state index in [-0.39, 0.29) is 5.41 Å². The van der Waals surface area contributed by atoms with Gasteiger partial charge in [-0.15, -0.1) is 0 Å². The smallest absolute Gasteiger partial charge is 0.0320 e. The zero-order valence-corrected chi connectivity index (χ0v) is 14.3. The molecule has 0 aliphatic rings. The monoisotopic (exact) mass is 275 g/mol. The van der Waals surface area contributed by atoms with Crippen molar-refractivity contribution >= 4 is 0 Å². The van der Waals surface area contributed by atoms with Crippen LogP contribution in [0.4, 0.5) is 0 Å². The van der Waals surface area contributed by atoms with E-state index < -0.39 is 0 Å². The van der Waals surface area contributed by atoms with Crippen LogP contribution >= 0.6 is 0 Å². The maximum absolute atomic E-state index is 3.70. The fourth-order valence-electron chi connectivity index (χ4n) is 2.42. The molecule has 114 valence electrons. The molecule has 0 aliphatic carbocycles. The van der Waals surface area contributed by atoms with Gasteiger partial charge in [-0.05, 0) is 48.3 Å². The maximum atomic E-state index is 3.70. The fourth-order valence-corrected chi connectivity index (χ4v) is 2.42. The molecular formula is C19H33N. The SMILES string of the molecule is CCCNC(CCC(C)C)c1ccc(C(C)(C)C)cc1. The summed E-state index contributed by atoms with van der Waals surface area (Å²) in [5, 5.41) is 3.70. The highest BCUT2D eigenvalue weighted by molar-refractivity contribution is 5.29. The second-order valence-electron chi connectivity index (χ2n) is 7.35. The van der Waals surface area contributed by atoms with Crippen LogP contribution in [0.2, 0.25) is 0 Å². The summed E-state index contributed by atoms with van der Waals surface area (Å²) in [5.74, 6) is 0.773. The Balaban J connectivity index is 2.79. The predicted molar refractivity (Wildman–Crippen MR) is 90.2 cm³/mol. The summed E-state index contributed by atoms with van der Waals surface area (Å²) in [6, 6.07) is 9.73. The molecule has 0 bridgehead atoms. The average molecular weight is 275 g/mol. The first kappa shape index (κ1) is 17.2. The number of benzene rings is 1. The third-order valence-electron chi connectivity index (χ3n) is 3.85. The first-order valence-corrected chi connectivity index (χ1v) is 8.18. The van der Waals surface area contributed by atoms with Crippen LogP contribution in [0.1, 0.15) is 78.0 Å². The zero-order valence-electron chi connectivity index (χ0n) is 14.3. The van der Waals surface area contributed by atoms with Crippen molar-refractivity contribution in [2.24, 2.45) is 5.92 Å². The average Bonchev–Trinajstić information content (AvgIpc) is 2.38. The van der Waals surface area contributed by atoms with Crippen LogP contribution in [-0.2, 0) is 5.41 Å². The molecule has 1 rings (SSSR count). The van der Waals surface area contributed by atoms with E-state index in [2.05, 4.69) is 71.1 Å². The topological polar surface area (TPSA) is 12.0 Å². The largest absolute Gasteiger partial charge is 0.310 e. The highest BCUT2D eigenvalue weighted by Crippen LogP contribution is 2.26. The predicted octanol–water partition coefficient (Wildman–Crippen LogP) is 5.46. The van der Waals surface area contributed by atoms with Gasteiger partial charge in [-0.2, -0.15) is 0 Å². The van der Waals surface area contributed by atoms with Crippen molar-refractivity contribution in [2.75, 3.05) is 6.54 Å². The van der Waals surface area contributed by atoms with Crippen LogP contribution < -0.4 is 5.32 Å². The van der Waals surface area contributed by atoms with Crippen molar-refractivity contribution in [3.8, 4) is 0 Å². The molecule has 1 aromatic carbocycles. The lowest BCUT2D eigenvalue weighted by Gasteiger charge is -2.23. The molecule has 0 saturated carbocycles. The first-order chi connectivity index (χ1) is 9.34. The molecule has 0 heterocycles. The summed E-state index contributed by atoms with van der Waals surface area (Å²) >= 11 is 0. The van der Waals surface area contributed by atoms with Crippen LogP contribution in [0.3, 0.4) is 0 Å². The minimum Gasteiger partial charge on any atom is -0.310 e. The number of nitrogens with one attached hydrogen (secondary N) is 1. The Kier molecular flexibility index (Phi) is 6.75. The molecule has 0 aromatic heterocycles. The van der Waals surface area contributed by atoms with E-state index in [4.69, 9.17) is 0 Å². The molecule has 0 amide bonds. The Bertz CT molecular complexity index is 370. The van der Waals surface area contributed by atoms with E-state index in [0.29, 0.717) is 6.04 Å².